The molecule has 1 aromatic carbocycles. The molecule has 0 amide bonds. The topological polar surface area (TPSA) is 43.4 Å². The fraction of sp³-hybridized carbons (Fsp3) is 0.455. The zero-order chi connectivity index (χ0) is 11.1. The van der Waals surface area contributed by atoms with E-state index in [1.807, 2.05) is 25.1 Å². The van der Waals surface area contributed by atoms with Crippen molar-refractivity contribution >= 4 is 10.1 Å². The lowest BCUT2D eigenvalue weighted by Crippen LogP contribution is -2.09. The Balaban J connectivity index is 2.50. The van der Waals surface area contributed by atoms with E-state index in [0.717, 1.165) is 18.4 Å². The monoisotopic (exact) mass is 228 g/mol. The summed E-state index contributed by atoms with van der Waals surface area (Å²) >= 11 is 0. The molecule has 0 N–H and O–H groups in total. The van der Waals surface area contributed by atoms with Crippen molar-refractivity contribution in [3.63, 3.8) is 0 Å². The molecule has 84 valence electrons. The number of hydrogen-bond donors (Lipinski definition) is 0. The molecule has 3 nitrogen and oxygen atoms in total. The van der Waals surface area contributed by atoms with E-state index in [-0.39, 0.29) is 12.4 Å². The lowest BCUT2D eigenvalue weighted by atomic mass is 10.2. The van der Waals surface area contributed by atoms with Gasteiger partial charge in [0.05, 0.1) is 6.61 Å². The fourth-order valence-corrected chi connectivity index (χ4v) is 2.21. The highest BCUT2D eigenvalue weighted by Gasteiger charge is 2.11. The van der Waals surface area contributed by atoms with Crippen LogP contribution in [0.3, 0.4) is 0 Å². The predicted molar refractivity (Wildman–Crippen MR) is 59.9 cm³/mol. The highest BCUT2D eigenvalue weighted by Crippen LogP contribution is 2.07. The van der Waals surface area contributed by atoms with E-state index in [4.69, 9.17) is 4.18 Å². The van der Waals surface area contributed by atoms with E-state index in [2.05, 4.69) is 0 Å². The second-order valence-corrected chi connectivity index (χ2v) is 5.00. The molecule has 0 saturated heterocycles. The average molecular weight is 228 g/mol. The van der Waals surface area contributed by atoms with Crippen LogP contribution in [0.15, 0.2) is 30.3 Å². The molecule has 0 bridgehead atoms. The molecule has 0 aliphatic rings. The fourth-order valence-electron chi connectivity index (χ4n) is 1.15. The minimum atomic E-state index is -3.41. The molecule has 0 saturated carbocycles. The molecule has 1 rings (SSSR count). The van der Waals surface area contributed by atoms with Gasteiger partial charge in [-0.3, -0.25) is 4.18 Å². The number of hydrogen-bond acceptors (Lipinski definition) is 3. The molecule has 0 unspecified atom stereocenters. The summed E-state index contributed by atoms with van der Waals surface area (Å²) in [7, 11) is -3.41. The average Bonchev–Trinajstić information content (AvgIpc) is 2.18. The Morgan fingerprint density at radius 1 is 1.20 bits per heavy atom. The first-order chi connectivity index (χ1) is 7.14. The van der Waals surface area contributed by atoms with Crippen LogP contribution in [0.1, 0.15) is 25.3 Å². The summed E-state index contributed by atoms with van der Waals surface area (Å²) in [6.07, 6.45) is 1.70. The molecule has 0 spiro atoms. The van der Waals surface area contributed by atoms with E-state index >= 15 is 0 Å². The number of rotatable bonds is 6. The maximum Gasteiger partial charge on any atom is 0.271 e. The third kappa shape index (κ3) is 4.95. The van der Waals surface area contributed by atoms with Crippen LogP contribution in [0.4, 0.5) is 0 Å². The van der Waals surface area contributed by atoms with Crippen molar-refractivity contribution in [2.45, 2.75) is 25.5 Å². The largest absolute Gasteiger partial charge is 0.271 e. The smallest absolute Gasteiger partial charge is 0.270 e. The van der Waals surface area contributed by atoms with Gasteiger partial charge in [-0.05, 0) is 12.0 Å². The Morgan fingerprint density at radius 3 is 2.47 bits per heavy atom. The van der Waals surface area contributed by atoms with Gasteiger partial charge in [-0.15, -0.1) is 0 Å². The molecule has 0 fully saturated rings. The summed E-state index contributed by atoms with van der Waals surface area (Å²) in [6.45, 7) is 2.28. The van der Waals surface area contributed by atoms with Gasteiger partial charge < -0.3 is 0 Å². The number of unbranched alkanes of at least 4 members (excludes halogenated alkanes) is 1. The first-order valence-electron chi connectivity index (χ1n) is 5.05. The van der Waals surface area contributed by atoms with Gasteiger partial charge in [0.1, 0.15) is 5.75 Å². The molecule has 15 heavy (non-hydrogen) atoms. The third-order valence-corrected chi connectivity index (χ3v) is 3.16. The predicted octanol–water partition coefficient (Wildman–Crippen LogP) is 2.33. The van der Waals surface area contributed by atoms with Crippen LogP contribution in [-0.4, -0.2) is 15.0 Å². The Bertz CT molecular complexity index is 370. The zero-order valence-electron chi connectivity index (χ0n) is 8.85. The second-order valence-electron chi connectivity index (χ2n) is 3.36. The van der Waals surface area contributed by atoms with Crippen LogP contribution >= 0.6 is 0 Å². The maximum atomic E-state index is 11.5. The van der Waals surface area contributed by atoms with E-state index in [1.54, 1.807) is 12.1 Å². The minimum Gasteiger partial charge on any atom is -0.270 e. The first-order valence-corrected chi connectivity index (χ1v) is 6.63. The lowest BCUT2D eigenvalue weighted by Gasteiger charge is -2.04. The molecule has 0 atom stereocenters. The molecule has 0 heterocycles. The van der Waals surface area contributed by atoms with Crippen LogP contribution in [0, 0.1) is 0 Å². The highest BCUT2D eigenvalue weighted by molar-refractivity contribution is 7.85. The van der Waals surface area contributed by atoms with Gasteiger partial charge in [0, 0.05) is 0 Å². The summed E-state index contributed by atoms with van der Waals surface area (Å²) in [4.78, 5) is 0. The third-order valence-electron chi connectivity index (χ3n) is 1.95. The van der Waals surface area contributed by atoms with Crippen molar-refractivity contribution in [1.29, 1.82) is 0 Å². The molecule has 0 aliphatic carbocycles. The van der Waals surface area contributed by atoms with Crippen molar-refractivity contribution in [2.24, 2.45) is 0 Å². The summed E-state index contributed by atoms with van der Waals surface area (Å²) in [5.74, 6) is -0.0441. The van der Waals surface area contributed by atoms with E-state index in [1.165, 1.54) is 0 Å². The molecule has 0 aliphatic heterocycles. The van der Waals surface area contributed by atoms with Crippen molar-refractivity contribution in [3.8, 4) is 0 Å². The van der Waals surface area contributed by atoms with Gasteiger partial charge in [-0.2, -0.15) is 8.42 Å². The van der Waals surface area contributed by atoms with Crippen LogP contribution in [0.25, 0.3) is 0 Å². The van der Waals surface area contributed by atoms with Crippen molar-refractivity contribution in [3.05, 3.63) is 35.9 Å². The summed E-state index contributed by atoms with van der Waals surface area (Å²) in [6, 6.07) is 9.04. The van der Waals surface area contributed by atoms with Crippen LogP contribution < -0.4 is 0 Å². The van der Waals surface area contributed by atoms with Gasteiger partial charge in [-0.1, -0.05) is 43.7 Å². The normalized spacial score (nSPS) is 11.5. The first kappa shape index (κ1) is 12.2. The van der Waals surface area contributed by atoms with Crippen LogP contribution in [-0.2, 0) is 20.1 Å². The quantitative estimate of drug-likeness (QED) is 0.554. The Hall–Kier alpha value is -0.870. The van der Waals surface area contributed by atoms with Gasteiger partial charge in [-0.25, -0.2) is 0 Å². The summed E-state index contributed by atoms with van der Waals surface area (Å²) in [5, 5.41) is 0. The molecule has 0 aromatic heterocycles. The van der Waals surface area contributed by atoms with Gasteiger partial charge in [0.2, 0.25) is 0 Å². The lowest BCUT2D eigenvalue weighted by molar-refractivity contribution is 0.310. The second kappa shape index (κ2) is 5.88. The summed E-state index contributed by atoms with van der Waals surface area (Å²) in [5.41, 5.74) is 0.758. The Morgan fingerprint density at radius 2 is 1.87 bits per heavy atom. The van der Waals surface area contributed by atoms with E-state index < -0.39 is 10.1 Å². The standard InChI is InChI=1S/C11H16O3S/c1-2-3-9-14-15(12,13)10-11-7-5-4-6-8-11/h4-8H,2-3,9-10H2,1H3. The van der Waals surface area contributed by atoms with E-state index in [9.17, 15) is 8.42 Å². The molecule has 0 radical (unpaired) electrons. The van der Waals surface area contributed by atoms with Crippen molar-refractivity contribution in [1.82, 2.24) is 0 Å². The molecule has 4 heteroatoms. The van der Waals surface area contributed by atoms with Gasteiger partial charge in [0.25, 0.3) is 10.1 Å². The highest BCUT2D eigenvalue weighted by atomic mass is 32.2. The van der Waals surface area contributed by atoms with Crippen LogP contribution in [0.5, 0.6) is 0 Å². The van der Waals surface area contributed by atoms with Gasteiger partial charge >= 0.3 is 0 Å². The summed E-state index contributed by atoms with van der Waals surface area (Å²) < 4.78 is 27.8. The molecule has 1 aromatic rings. The molecular weight excluding hydrogens is 212 g/mol. The molecular formula is C11H16O3S. The van der Waals surface area contributed by atoms with E-state index in [0.29, 0.717) is 0 Å². The van der Waals surface area contributed by atoms with Crippen molar-refractivity contribution in [2.75, 3.05) is 6.61 Å². The SMILES string of the molecule is CCCCOS(=O)(=O)Cc1ccccc1. The zero-order valence-corrected chi connectivity index (χ0v) is 9.66. The Labute approximate surface area is 91.2 Å². The Kier molecular flexibility index (Phi) is 4.78. The van der Waals surface area contributed by atoms with Gasteiger partial charge in [0.15, 0.2) is 0 Å². The van der Waals surface area contributed by atoms with Crippen molar-refractivity contribution < 1.29 is 12.6 Å². The van der Waals surface area contributed by atoms with Crippen LogP contribution in [0.2, 0.25) is 0 Å². The number of benzene rings is 1. The minimum absolute atomic E-state index is 0.0441. The maximum absolute atomic E-state index is 11.5.